The Kier molecular flexibility index (Phi) is 6.36. The summed E-state index contributed by atoms with van der Waals surface area (Å²) in [6, 6.07) is 17.2. The van der Waals surface area contributed by atoms with Gasteiger partial charge in [-0.05, 0) is 23.3 Å². The molecule has 0 unspecified atom stereocenters. The zero-order valence-electron chi connectivity index (χ0n) is 14.2. The Morgan fingerprint density at radius 1 is 1.00 bits per heavy atom. The van der Waals surface area contributed by atoms with E-state index in [9.17, 15) is 8.78 Å². The van der Waals surface area contributed by atoms with E-state index in [-0.39, 0.29) is 12.5 Å². The number of hydrogen-bond donors (Lipinski definition) is 1. The smallest absolute Gasteiger partial charge is 0.240 e. The van der Waals surface area contributed by atoms with E-state index in [4.69, 9.17) is 4.74 Å². The Morgan fingerprint density at radius 3 is 2.48 bits per heavy atom. The third-order valence-electron chi connectivity index (χ3n) is 4.48. The Morgan fingerprint density at radius 2 is 1.76 bits per heavy atom. The maximum absolute atomic E-state index is 13.1. The quantitative estimate of drug-likeness (QED) is 0.824. The lowest BCUT2D eigenvalue weighted by Gasteiger charge is -2.35. The second-order valence-electron chi connectivity index (χ2n) is 6.28. The molecule has 3 nitrogen and oxygen atoms in total. The Bertz CT molecular complexity index is 645. The van der Waals surface area contributed by atoms with E-state index < -0.39 is 6.43 Å². The third-order valence-corrected chi connectivity index (χ3v) is 4.48. The van der Waals surface area contributed by atoms with Crippen LogP contribution in [0.2, 0.25) is 0 Å². The molecule has 5 heteroatoms. The average Bonchev–Trinajstić information content (AvgIpc) is 2.66. The van der Waals surface area contributed by atoms with Gasteiger partial charge in [0.05, 0.1) is 0 Å². The Hall–Kier alpha value is -1.98. The maximum atomic E-state index is 13.1. The molecule has 2 aromatic rings. The van der Waals surface area contributed by atoms with Crippen LogP contribution in [0.3, 0.4) is 0 Å². The van der Waals surface area contributed by atoms with Crippen molar-refractivity contribution in [2.45, 2.75) is 25.5 Å². The van der Waals surface area contributed by atoms with Gasteiger partial charge in [0.1, 0.15) is 12.4 Å². The van der Waals surface area contributed by atoms with Gasteiger partial charge in [0.2, 0.25) is 6.43 Å². The normalized spacial score (nSPS) is 16.8. The van der Waals surface area contributed by atoms with Crippen LogP contribution in [0, 0.1) is 0 Å². The minimum Gasteiger partial charge on any atom is -0.489 e. The molecule has 0 radical (unpaired) electrons. The van der Waals surface area contributed by atoms with Crippen molar-refractivity contribution in [2.75, 3.05) is 26.2 Å². The minimum absolute atomic E-state index is 0.151. The molecule has 25 heavy (non-hydrogen) atoms. The molecule has 0 aliphatic carbocycles. The number of nitrogens with one attached hydrogen (secondary N) is 1. The summed E-state index contributed by atoms with van der Waals surface area (Å²) in [4.78, 5) is 2.14. The van der Waals surface area contributed by atoms with Crippen molar-refractivity contribution >= 4 is 0 Å². The van der Waals surface area contributed by atoms with Gasteiger partial charge in [-0.2, -0.15) is 0 Å². The molecule has 2 aromatic carbocycles. The van der Waals surface area contributed by atoms with Gasteiger partial charge in [-0.3, -0.25) is 4.90 Å². The van der Waals surface area contributed by atoms with Crippen LogP contribution in [0.15, 0.2) is 54.6 Å². The zero-order valence-corrected chi connectivity index (χ0v) is 14.2. The molecule has 1 heterocycles. The van der Waals surface area contributed by atoms with E-state index in [1.165, 1.54) is 0 Å². The second kappa shape index (κ2) is 8.92. The fourth-order valence-corrected chi connectivity index (χ4v) is 3.21. The highest BCUT2D eigenvalue weighted by molar-refractivity contribution is 5.31. The van der Waals surface area contributed by atoms with E-state index in [0.717, 1.165) is 43.1 Å². The summed E-state index contributed by atoms with van der Waals surface area (Å²) in [5.74, 6) is 0.718. The maximum Gasteiger partial charge on any atom is 0.240 e. The van der Waals surface area contributed by atoms with Crippen LogP contribution in [-0.2, 0) is 6.61 Å². The van der Waals surface area contributed by atoms with Crippen molar-refractivity contribution in [3.63, 3.8) is 0 Å². The standard InChI is InChI=1S/C20H24F2N2O/c21-20(22)14-19(24-11-9-23-10-12-24)17-7-4-8-18(13-17)25-15-16-5-2-1-3-6-16/h1-8,13,19-20,23H,9-12,14-15H2/t19-/m1/s1. The molecule has 0 saturated carbocycles. The molecule has 134 valence electrons. The van der Waals surface area contributed by atoms with Crippen molar-refractivity contribution in [2.24, 2.45) is 0 Å². The average molecular weight is 346 g/mol. The second-order valence-corrected chi connectivity index (χ2v) is 6.28. The summed E-state index contributed by atoms with van der Waals surface area (Å²) in [5.41, 5.74) is 1.98. The molecule has 0 spiro atoms. The SMILES string of the molecule is FC(F)C[C@H](c1cccc(OCc2ccccc2)c1)N1CCNCC1. The van der Waals surface area contributed by atoms with Crippen molar-refractivity contribution < 1.29 is 13.5 Å². The molecule has 1 atom stereocenters. The van der Waals surface area contributed by atoms with Crippen molar-refractivity contribution in [1.29, 1.82) is 0 Å². The van der Waals surface area contributed by atoms with Gasteiger partial charge in [0.25, 0.3) is 0 Å². The summed E-state index contributed by atoms with van der Waals surface area (Å²) in [6.07, 6.45) is -2.48. The molecule has 1 aliphatic heterocycles. The largest absolute Gasteiger partial charge is 0.489 e. The number of halogens is 2. The predicted octanol–water partition coefficient (Wildman–Crippen LogP) is 3.87. The molecule has 1 fully saturated rings. The number of alkyl halides is 2. The highest BCUT2D eigenvalue weighted by atomic mass is 19.3. The lowest BCUT2D eigenvalue weighted by atomic mass is 10.0. The van der Waals surface area contributed by atoms with Crippen LogP contribution in [0.25, 0.3) is 0 Å². The van der Waals surface area contributed by atoms with E-state index in [2.05, 4.69) is 10.2 Å². The molecule has 0 bridgehead atoms. The lowest BCUT2D eigenvalue weighted by Crippen LogP contribution is -2.45. The third kappa shape index (κ3) is 5.25. The number of rotatable bonds is 7. The van der Waals surface area contributed by atoms with Gasteiger partial charge < -0.3 is 10.1 Å². The van der Waals surface area contributed by atoms with Crippen molar-refractivity contribution in [3.05, 3.63) is 65.7 Å². The number of piperazine rings is 1. The zero-order chi connectivity index (χ0) is 17.5. The Labute approximate surface area is 147 Å². The first-order chi connectivity index (χ1) is 12.2. The molecule has 1 N–H and O–H groups in total. The molecule has 1 aliphatic rings. The Balaban J connectivity index is 1.72. The minimum atomic E-state index is -2.33. The van der Waals surface area contributed by atoms with Crippen LogP contribution in [0.5, 0.6) is 5.75 Å². The fourth-order valence-electron chi connectivity index (χ4n) is 3.21. The number of benzene rings is 2. The van der Waals surface area contributed by atoms with Gasteiger partial charge in [-0.25, -0.2) is 8.78 Å². The molecule has 3 rings (SSSR count). The summed E-state index contributed by atoms with van der Waals surface area (Å²) in [7, 11) is 0. The van der Waals surface area contributed by atoms with Crippen LogP contribution < -0.4 is 10.1 Å². The first-order valence-corrected chi connectivity index (χ1v) is 8.72. The van der Waals surface area contributed by atoms with Crippen LogP contribution in [0.1, 0.15) is 23.6 Å². The first kappa shape index (κ1) is 17.8. The fraction of sp³-hybridized carbons (Fsp3) is 0.400. The molecule has 0 aromatic heterocycles. The van der Waals surface area contributed by atoms with Crippen molar-refractivity contribution in [1.82, 2.24) is 10.2 Å². The molecule has 1 saturated heterocycles. The van der Waals surface area contributed by atoms with E-state index >= 15 is 0 Å². The van der Waals surface area contributed by atoms with Crippen molar-refractivity contribution in [3.8, 4) is 5.75 Å². The van der Waals surface area contributed by atoms with Gasteiger partial charge in [0.15, 0.2) is 0 Å². The summed E-state index contributed by atoms with van der Waals surface area (Å²) >= 11 is 0. The molecular formula is C20H24F2N2O. The number of nitrogens with zero attached hydrogens (tertiary/aromatic N) is 1. The lowest BCUT2D eigenvalue weighted by molar-refractivity contribution is 0.0738. The first-order valence-electron chi connectivity index (χ1n) is 8.72. The van der Waals surface area contributed by atoms with Crippen LogP contribution >= 0.6 is 0 Å². The van der Waals surface area contributed by atoms with Gasteiger partial charge >= 0.3 is 0 Å². The summed E-state index contributed by atoms with van der Waals surface area (Å²) in [5, 5.41) is 3.27. The van der Waals surface area contributed by atoms with Gasteiger partial charge in [-0.15, -0.1) is 0 Å². The summed E-state index contributed by atoms with van der Waals surface area (Å²) < 4.78 is 32.1. The highest BCUT2D eigenvalue weighted by Crippen LogP contribution is 2.30. The monoisotopic (exact) mass is 346 g/mol. The predicted molar refractivity (Wildman–Crippen MR) is 95.0 cm³/mol. The number of ether oxygens (including phenoxy) is 1. The topological polar surface area (TPSA) is 24.5 Å². The van der Waals surface area contributed by atoms with E-state index in [1.54, 1.807) is 0 Å². The molecular weight excluding hydrogens is 322 g/mol. The molecule has 0 amide bonds. The van der Waals surface area contributed by atoms with Crippen LogP contribution in [0.4, 0.5) is 8.78 Å². The summed E-state index contributed by atoms with van der Waals surface area (Å²) in [6.45, 7) is 3.71. The van der Waals surface area contributed by atoms with Gasteiger partial charge in [-0.1, -0.05) is 42.5 Å². The van der Waals surface area contributed by atoms with Gasteiger partial charge in [0, 0.05) is 38.6 Å². The highest BCUT2D eigenvalue weighted by Gasteiger charge is 2.25. The van der Waals surface area contributed by atoms with E-state index in [1.807, 2.05) is 54.6 Å². The van der Waals surface area contributed by atoms with Crippen LogP contribution in [-0.4, -0.2) is 37.5 Å². The van der Waals surface area contributed by atoms with E-state index in [0.29, 0.717) is 6.61 Å². The number of hydrogen-bond acceptors (Lipinski definition) is 3.